The minimum atomic E-state index is -0.158. The van der Waals surface area contributed by atoms with Crippen molar-refractivity contribution in [1.82, 2.24) is 20.3 Å². The van der Waals surface area contributed by atoms with Crippen LogP contribution in [0.4, 0.5) is 11.9 Å². The summed E-state index contributed by atoms with van der Waals surface area (Å²) >= 11 is 0. The second kappa shape index (κ2) is 5.80. The number of nitrogen functional groups attached to an aromatic ring is 1. The van der Waals surface area contributed by atoms with Crippen molar-refractivity contribution in [2.24, 2.45) is 5.84 Å². The molecule has 0 aliphatic carbocycles. The Labute approximate surface area is 98.4 Å². The zero-order valence-electron chi connectivity index (χ0n) is 9.89. The normalized spacial score (nSPS) is 9.65. The van der Waals surface area contributed by atoms with Crippen molar-refractivity contribution < 1.29 is 9.53 Å². The maximum Gasteiger partial charge on any atom is 0.322 e. The molecule has 9 nitrogen and oxygen atoms in total. The predicted molar refractivity (Wildman–Crippen MR) is 61.5 cm³/mol. The number of rotatable bonds is 5. The van der Waals surface area contributed by atoms with Crippen LogP contribution in [0.15, 0.2) is 0 Å². The summed E-state index contributed by atoms with van der Waals surface area (Å²) in [7, 11) is 4.65. The van der Waals surface area contributed by atoms with E-state index in [1.54, 1.807) is 19.0 Å². The molecule has 0 unspecified atom stereocenters. The molecule has 4 N–H and O–H groups in total. The second-order valence-electron chi connectivity index (χ2n) is 3.12. The number of hydrazine groups is 1. The first kappa shape index (κ1) is 12.9. The van der Waals surface area contributed by atoms with Gasteiger partial charge in [-0.3, -0.25) is 10.2 Å². The molecule has 9 heteroatoms. The van der Waals surface area contributed by atoms with Gasteiger partial charge in [0.25, 0.3) is 0 Å². The lowest BCUT2D eigenvalue weighted by Gasteiger charge is -2.16. The molecular weight excluding hydrogens is 226 g/mol. The van der Waals surface area contributed by atoms with Crippen LogP contribution in [0.1, 0.15) is 0 Å². The van der Waals surface area contributed by atoms with E-state index in [4.69, 9.17) is 10.6 Å². The SMILES string of the molecule is CNC(=O)CN(C)c1nc(NN)nc(OC)n1. The average Bonchev–Trinajstić information content (AvgIpc) is 2.37. The third-order valence-corrected chi connectivity index (χ3v) is 1.92. The van der Waals surface area contributed by atoms with Gasteiger partial charge in [0, 0.05) is 14.1 Å². The van der Waals surface area contributed by atoms with E-state index in [9.17, 15) is 4.79 Å². The van der Waals surface area contributed by atoms with Gasteiger partial charge in [-0.1, -0.05) is 0 Å². The number of nitrogens with one attached hydrogen (secondary N) is 2. The lowest BCUT2D eigenvalue weighted by atomic mass is 10.5. The number of nitrogens with zero attached hydrogens (tertiary/aromatic N) is 4. The van der Waals surface area contributed by atoms with Gasteiger partial charge in [-0.2, -0.15) is 15.0 Å². The van der Waals surface area contributed by atoms with Gasteiger partial charge in [-0.05, 0) is 0 Å². The monoisotopic (exact) mass is 241 g/mol. The van der Waals surface area contributed by atoms with Gasteiger partial charge in [0.15, 0.2) is 0 Å². The van der Waals surface area contributed by atoms with Crippen LogP contribution in [0.5, 0.6) is 6.01 Å². The number of methoxy groups -OCH3 is 1. The van der Waals surface area contributed by atoms with E-state index in [0.717, 1.165) is 0 Å². The zero-order valence-corrected chi connectivity index (χ0v) is 9.89. The molecule has 0 aromatic carbocycles. The van der Waals surface area contributed by atoms with Crippen molar-refractivity contribution >= 4 is 17.8 Å². The quantitative estimate of drug-likeness (QED) is 0.414. The van der Waals surface area contributed by atoms with Gasteiger partial charge < -0.3 is 15.0 Å². The van der Waals surface area contributed by atoms with Gasteiger partial charge >= 0.3 is 6.01 Å². The molecule has 0 fully saturated rings. The van der Waals surface area contributed by atoms with E-state index in [0.29, 0.717) is 0 Å². The lowest BCUT2D eigenvalue weighted by molar-refractivity contribution is -0.119. The molecule has 0 atom stereocenters. The van der Waals surface area contributed by atoms with E-state index >= 15 is 0 Å². The van der Waals surface area contributed by atoms with Crippen molar-refractivity contribution in [1.29, 1.82) is 0 Å². The fourth-order valence-corrected chi connectivity index (χ4v) is 1.04. The summed E-state index contributed by atoms with van der Waals surface area (Å²) in [6.45, 7) is 0.119. The molecular formula is C8H15N7O2. The van der Waals surface area contributed by atoms with E-state index in [2.05, 4.69) is 25.7 Å². The smallest absolute Gasteiger partial charge is 0.322 e. The summed E-state index contributed by atoms with van der Waals surface area (Å²) < 4.78 is 4.89. The fraction of sp³-hybridized carbons (Fsp3) is 0.500. The minimum absolute atomic E-state index is 0.117. The van der Waals surface area contributed by atoms with Gasteiger partial charge in [-0.25, -0.2) is 5.84 Å². The Morgan fingerprint density at radius 2 is 2.18 bits per heavy atom. The maximum absolute atomic E-state index is 11.2. The fourth-order valence-electron chi connectivity index (χ4n) is 1.04. The minimum Gasteiger partial charge on any atom is -0.467 e. The standard InChI is InChI=1S/C8H15N7O2/c1-10-5(16)4-15(2)7-11-6(14-9)12-8(13-7)17-3/h4,9H2,1-3H3,(H,10,16)(H,11,12,13,14). The third kappa shape index (κ3) is 3.41. The van der Waals surface area contributed by atoms with Crippen molar-refractivity contribution in [3.63, 3.8) is 0 Å². The van der Waals surface area contributed by atoms with Gasteiger partial charge in [0.05, 0.1) is 13.7 Å². The second-order valence-corrected chi connectivity index (χ2v) is 3.12. The van der Waals surface area contributed by atoms with Crippen LogP contribution in [0.3, 0.4) is 0 Å². The Kier molecular flexibility index (Phi) is 4.40. The molecule has 1 amide bonds. The van der Waals surface area contributed by atoms with Crippen LogP contribution >= 0.6 is 0 Å². The number of anilines is 2. The Bertz CT molecular complexity index is 375. The Hall–Kier alpha value is -2.16. The highest BCUT2D eigenvalue weighted by atomic mass is 16.5. The maximum atomic E-state index is 11.2. The molecule has 1 aromatic heterocycles. The molecule has 94 valence electrons. The Balaban J connectivity index is 2.91. The first-order valence-corrected chi connectivity index (χ1v) is 4.79. The Morgan fingerprint density at radius 3 is 2.71 bits per heavy atom. The van der Waals surface area contributed by atoms with Crippen molar-refractivity contribution in [2.45, 2.75) is 0 Å². The molecule has 17 heavy (non-hydrogen) atoms. The van der Waals surface area contributed by atoms with E-state index in [1.807, 2.05) is 0 Å². The topological polar surface area (TPSA) is 118 Å². The summed E-state index contributed by atoms with van der Waals surface area (Å²) in [4.78, 5) is 24.6. The summed E-state index contributed by atoms with van der Waals surface area (Å²) in [5.41, 5.74) is 2.29. The van der Waals surface area contributed by atoms with Crippen LogP contribution in [-0.2, 0) is 4.79 Å². The van der Waals surface area contributed by atoms with Crippen LogP contribution in [-0.4, -0.2) is 48.6 Å². The van der Waals surface area contributed by atoms with Crippen LogP contribution < -0.4 is 26.2 Å². The zero-order chi connectivity index (χ0) is 12.8. The number of likely N-dealkylation sites (N-methyl/N-ethyl adjacent to an activating group) is 2. The number of ether oxygens (including phenoxy) is 1. The highest BCUT2D eigenvalue weighted by Gasteiger charge is 2.12. The van der Waals surface area contributed by atoms with Crippen LogP contribution in [0, 0.1) is 0 Å². The molecule has 0 spiro atoms. The number of amides is 1. The highest BCUT2D eigenvalue weighted by molar-refractivity contribution is 5.80. The van der Waals surface area contributed by atoms with Crippen molar-refractivity contribution in [2.75, 3.05) is 38.1 Å². The van der Waals surface area contributed by atoms with Crippen LogP contribution in [0.25, 0.3) is 0 Å². The number of carbonyl (C=O) groups excluding carboxylic acids is 1. The number of hydrogen-bond acceptors (Lipinski definition) is 8. The molecule has 0 radical (unpaired) electrons. The summed E-state index contributed by atoms with van der Waals surface area (Å²) in [5.74, 6) is 5.50. The molecule has 1 heterocycles. The third-order valence-electron chi connectivity index (χ3n) is 1.92. The molecule has 0 aliphatic rings. The summed E-state index contributed by atoms with van der Waals surface area (Å²) in [5, 5.41) is 2.50. The largest absolute Gasteiger partial charge is 0.467 e. The molecule has 0 bridgehead atoms. The summed E-state index contributed by atoms with van der Waals surface area (Å²) in [6.07, 6.45) is 0. The van der Waals surface area contributed by atoms with Crippen molar-refractivity contribution in [3.8, 4) is 6.01 Å². The first-order valence-electron chi connectivity index (χ1n) is 4.79. The number of hydrogen-bond donors (Lipinski definition) is 3. The number of aromatic nitrogens is 3. The number of carbonyl (C=O) groups is 1. The Morgan fingerprint density at radius 1 is 1.47 bits per heavy atom. The van der Waals surface area contributed by atoms with E-state index < -0.39 is 0 Å². The van der Waals surface area contributed by atoms with E-state index in [-0.39, 0.29) is 30.4 Å². The molecule has 0 saturated heterocycles. The number of nitrogens with two attached hydrogens (primary N) is 1. The highest BCUT2D eigenvalue weighted by Crippen LogP contribution is 2.12. The van der Waals surface area contributed by atoms with E-state index in [1.165, 1.54) is 7.11 Å². The molecule has 0 aliphatic heterocycles. The van der Waals surface area contributed by atoms with Crippen LogP contribution in [0.2, 0.25) is 0 Å². The molecule has 0 saturated carbocycles. The average molecular weight is 241 g/mol. The van der Waals surface area contributed by atoms with Gasteiger partial charge in [-0.15, -0.1) is 0 Å². The first-order chi connectivity index (χ1) is 8.10. The predicted octanol–water partition coefficient (Wildman–Crippen LogP) is -1.65. The van der Waals surface area contributed by atoms with Gasteiger partial charge in [0.2, 0.25) is 17.8 Å². The summed E-state index contributed by atoms with van der Waals surface area (Å²) in [6, 6.07) is 0.117. The lowest BCUT2D eigenvalue weighted by Crippen LogP contribution is -2.34. The molecule has 1 rings (SSSR count). The van der Waals surface area contributed by atoms with Crippen molar-refractivity contribution in [3.05, 3.63) is 0 Å². The van der Waals surface area contributed by atoms with Gasteiger partial charge in [0.1, 0.15) is 0 Å². The molecule has 1 aromatic rings.